The smallest absolute Gasteiger partial charge is 0.293 e. The van der Waals surface area contributed by atoms with Crippen LogP contribution in [-0.4, -0.2) is 12.1 Å². The van der Waals surface area contributed by atoms with Crippen LogP contribution >= 0.6 is 0 Å². The maximum absolute atomic E-state index is 10.6. The van der Waals surface area contributed by atoms with Crippen molar-refractivity contribution in [1.82, 2.24) is 0 Å². The van der Waals surface area contributed by atoms with Gasteiger partial charge in [0.15, 0.2) is 0 Å². The predicted molar refractivity (Wildman–Crippen MR) is 119 cm³/mol. The predicted octanol–water partition coefficient (Wildman–Crippen LogP) is 7.26. The van der Waals surface area contributed by atoms with Crippen molar-refractivity contribution in [2.75, 3.05) is 0 Å². The lowest BCUT2D eigenvalue weighted by Crippen LogP contribution is -2.12. The summed E-state index contributed by atoms with van der Waals surface area (Å²) in [5.74, 6) is 0. The van der Waals surface area contributed by atoms with Gasteiger partial charge in [-0.2, -0.15) is 0 Å². The molecule has 0 bridgehead atoms. The fourth-order valence-corrected chi connectivity index (χ4v) is 4.34. The Morgan fingerprint density at radius 2 is 1.64 bits per heavy atom. The highest BCUT2D eigenvalue weighted by Crippen LogP contribution is 2.43. The summed E-state index contributed by atoms with van der Waals surface area (Å²) < 4.78 is 5.25. The monoisotopic (exact) mass is 386 g/mol. The molecule has 0 atom stereocenters. The highest BCUT2D eigenvalue weighted by Gasteiger charge is 2.44. The Morgan fingerprint density at radius 3 is 2.29 bits per heavy atom. The largest absolute Gasteiger partial charge is 0.461 e. The Kier molecular flexibility index (Phi) is 8.58. The van der Waals surface area contributed by atoms with Crippen LogP contribution in [0, 0.1) is 19.3 Å². The van der Waals surface area contributed by atoms with Gasteiger partial charge in [-0.15, -0.1) is 0 Å². The van der Waals surface area contributed by atoms with E-state index in [0.717, 1.165) is 19.3 Å². The minimum Gasteiger partial charge on any atom is -0.461 e. The van der Waals surface area contributed by atoms with Crippen LogP contribution in [0.4, 0.5) is 0 Å². The minimum absolute atomic E-state index is 0.0817. The number of unbranched alkanes of at least 4 members (excludes halogenated alkanes) is 4. The Labute approximate surface area is 173 Å². The number of benzene rings is 1. The Bertz CT molecular complexity index is 620. The van der Waals surface area contributed by atoms with Gasteiger partial charge in [-0.25, -0.2) is 0 Å². The first-order valence-electron chi connectivity index (χ1n) is 11.5. The van der Waals surface area contributed by atoms with E-state index >= 15 is 0 Å². The molecule has 0 amide bonds. The van der Waals surface area contributed by atoms with Gasteiger partial charge in [0.1, 0.15) is 5.60 Å². The van der Waals surface area contributed by atoms with E-state index in [9.17, 15) is 4.79 Å². The third-order valence-electron chi connectivity index (χ3n) is 6.48. The molecule has 1 saturated carbocycles. The summed E-state index contributed by atoms with van der Waals surface area (Å²) in [7, 11) is 0. The molecule has 28 heavy (non-hydrogen) atoms. The second kappa shape index (κ2) is 10.5. The van der Waals surface area contributed by atoms with E-state index in [0.29, 0.717) is 11.9 Å². The Hall–Kier alpha value is -1.31. The molecule has 0 saturated heterocycles. The number of hydrogen-bond acceptors (Lipinski definition) is 2. The van der Waals surface area contributed by atoms with Gasteiger partial charge in [-0.3, -0.25) is 4.79 Å². The molecule has 1 fully saturated rings. The van der Waals surface area contributed by atoms with Gasteiger partial charge in [0, 0.05) is 0 Å². The first-order valence-corrected chi connectivity index (χ1v) is 11.5. The SMILES string of the molecule is Cc1ccc(CCCCCC2(OC=O)CC2)c(C)c1CCCCCC(C)(C)C. The second-order valence-corrected chi connectivity index (χ2v) is 10.2. The van der Waals surface area contributed by atoms with Crippen LogP contribution < -0.4 is 0 Å². The average molecular weight is 387 g/mol. The van der Waals surface area contributed by atoms with Crippen molar-refractivity contribution in [3.8, 4) is 0 Å². The number of ether oxygens (including phenoxy) is 1. The zero-order valence-corrected chi connectivity index (χ0v) is 19.0. The normalized spacial score (nSPS) is 15.5. The molecule has 1 aliphatic rings. The molecule has 2 heteroatoms. The van der Waals surface area contributed by atoms with Crippen LogP contribution in [-0.2, 0) is 22.4 Å². The fraction of sp³-hybridized carbons (Fsp3) is 0.731. The van der Waals surface area contributed by atoms with Crippen molar-refractivity contribution in [2.24, 2.45) is 5.41 Å². The zero-order valence-electron chi connectivity index (χ0n) is 19.0. The van der Waals surface area contributed by atoms with Crippen LogP contribution in [0.1, 0.15) is 107 Å². The van der Waals surface area contributed by atoms with Gasteiger partial charge >= 0.3 is 0 Å². The molecule has 1 aliphatic carbocycles. The van der Waals surface area contributed by atoms with E-state index in [1.54, 1.807) is 5.56 Å². The molecule has 1 aromatic carbocycles. The molecule has 0 heterocycles. The summed E-state index contributed by atoms with van der Waals surface area (Å²) in [6, 6.07) is 4.66. The van der Waals surface area contributed by atoms with Crippen molar-refractivity contribution < 1.29 is 9.53 Å². The standard InChI is InChI=1S/C26H42O2/c1-21-14-15-23(12-8-6-11-17-26(18-19-26)28-20-27)22(2)24(21)13-9-7-10-16-25(3,4)5/h14-15,20H,6-13,16-19H2,1-5H3. The molecule has 2 nitrogen and oxygen atoms in total. The summed E-state index contributed by atoms with van der Waals surface area (Å²) in [5, 5.41) is 0. The quantitative estimate of drug-likeness (QED) is 0.263. The first-order chi connectivity index (χ1) is 13.3. The summed E-state index contributed by atoms with van der Waals surface area (Å²) in [6.45, 7) is 12.2. The van der Waals surface area contributed by atoms with Gasteiger partial charge in [-0.05, 0) is 99.3 Å². The van der Waals surface area contributed by atoms with E-state index < -0.39 is 0 Å². The topological polar surface area (TPSA) is 26.3 Å². The van der Waals surface area contributed by atoms with Crippen LogP contribution in [0.2, 0.25) is 0 Å². The van der Waals surface area contributed by atoms with E-state index in [-0.39, 0.29) is 5.60 Å². The lowest BCUT2D eigenvalue weighted by molar-refractivity contribution is -0.135. The van der Waals surface area contributed by atoms with Crippen LogP contribution in [0.25, 0.3) is 0 Å². The average Bonchev–Trinajstić information content (AvgIpc) is 3.38. The van der Waals surface area contributed by atoms with Crippen molar-refractivity contribution >= 4 is 6.47 Å². The van der Waals surface area contributed by atoms with Gasteiger partial charge in [0.25, 0.3) is 6.47 Å². The number of carbonyl (C=O) groups is 1. The summed E-state index contributed by atoms with van der Waals surface area (Å²) >= 11 is 0. The molecule has 2 rings (SSSR count). The van der Waals surface area contributed by atoms with Crippen molar-refractivity contribution in [2.45, 2.75) is 117 Å². The van der Waals surface area contributed by atoms with Gasteiger partial charge in [0.2, 0.25) is 0 Å². The maximum Gasteiger partial charge on any atom is 0.293 e. The summed E-state index contributed by atoms with van der Waals surface area (Å²) in [6.07, 6.45) is 14.5. The second-order valence-electron chi connectivity index (χ2n) is 10.2. The molecular formula is C26H42O2. The van der Waals surface area contributed by atoms with E-state index in [2.05, 4.69) is 46.8 Å². The Morgan fingerprint density at radius 1 is 0.964 bits per heavy atom. The highest BCUT2D eigenvalue weighted by atomic mass is 16.5. The molecule has 1 aromatic rings. The lowest BCUT2D eigenvalue weighted by Gasteiger charge is -2.18. The molecule has 0 aromatic heterocycles. The van der Waals surface area contributed by atoms with Crippen molar-refractivity contribution in [1.29, 1.82) is 0 Å². The maximum atomic E-state index is 10.6. The molecule has 0 radical (unpaired) electrons. The molecule has 158 valence electrons. The van der Waals surface area contributed by atoms with Gasteiger partial charge < -0.3 is 4.74 Å². The number of aryl methyl sites for hydroxylation is 2. The molecule has 0 unspecified atom stereocenters. The number of carbonyl (C=O) groups excluding carboxylic acids is 1. The zero-order chi connectivity index (χ0) is 20.6. The molecule has 0 aliphatic heterocycles. The van der Waals surface area contributed by atoms with E-state index in [1.807, 2.05) is 0 Å². The molecular weight excluding hydrogens is 344 g/mol. The third kappa shape index (κ3) is 7.60. The lowest BCUT2D eigenvalue weighted by atomic mass is 9.88. The highest BCUT2D eigenvalue weighted by molar-refractivity contribution is 5.40. The fourth-order valence-electron chi connectivity index (χ4n) is 4.34. The van der Waals surface area contributed by atoms with Gasteiger partial charge in [0.05, 0.1) is 0 Å². The van der Waals surface area contributed by atoms with Crippen LogP contribution in [0.15, 0.2) is 12.1 Å². The summed E-state index contributed by atoms with van der Waals surface area (Å²) in [4.78, 5) is 10.6. The Balaban J connectivity index is 1.74. The van der Waals surface area contributed by atoms with Gasteiger partial charge in [-0.1, -0.05) is 52.2 Å². The third-order valence-corrected chi connectivity index (χ3v) is 6.48. The number of hydrogen-bond donors (Lipinski definition) is 0. The molecule has 0 spiro atoms. The van der Waals surface area contributed by atoms with Crippen molar-refractivity contribution in [3.05, 3.63) is 34.4 Å². The van der Waals surface area contributed by atoms with Crippen LogP contribution in [0.3, 0.4) is 0 Å². The van der Waals surface area contributed by atoms with E-state index in [4.69, 9.17) is 4.74 Å². The summed E-state index contributed by atoms with van der Waals surface area (Å²) in [5.41, 5.74) is 6.48. The molecule has 0 N–H and O–H groups in total. The van der Waals surface area contributed by atoms with E-state index in [1.165, 1.54) is 74.5 Å². The van der Waals surface area contributed by atoms with Crippen LogP contribution in [0.5, 0.6) is 0 Å². The minimum atomic E-state index is -0.0817. The first kappa shape index (κ1) is 23.0. The number of rotatable bonds is 13. The van der Waals surface area contributed by atoms with Crippen molar-refractivity contribution in [3.63, 3.8) is 0 Å².